The number of aliphatic hydroxyl groups is 1. The van der Waals surface area contributed by atoms with Gasteiger partial charge in [-0.2, -0.15) is 0 Å². The summed E-state index contributed by atoms with van der Waals surface area (Å²) < 4.78 is 0. The van der Waals surface area contributed by atoms with Crippen molar-refractivity contribution in [3.05, 3.63) is 84.4 Å². The maximum atomic E-state index is 11.4. The van der Waals surface area contributed by atoms with Crippen LogP contribution in [-0.2, 0) is 6.54 Å². The molecular weight excluding hydrogens is 318 g/mol. The van der Waals surface area contributed by atoms with Crippen molar-refractivity contribution in [1.29, 1.82) is 0 Å². The Morgan fingerprint density at radius 2 is 1.77 bits per heavy atom. The Kier molecular flexibility index (Phi) is 6.28. The number of hydrogen-bond donors (Lipinski definition) is 1. The van der Waals surface area contributed by atoms with E-state index in [1.807, 2.05) is 42.5 Å². The normalized spacial score (nSPS) is 22.5. The molecule has 0 amide bonds. The zero-order chi connectivity index (χ0) is 18.2. The summed E-state index contributed by atoms with van der Waals surface area (Å²) in [5.41, 5.74) is 1.22. The number of rotatable bonds is 5. The molecule has 2 atom stereocenters. The van der Waals surface area contributed by atoms with E-state index in [0.717, 1.165) is 44.3 Å². The molecule has 2 aromatic rings. The first-order chi connectivity index (χ1) is 12.7. The molecule has 0 bridgehead atoms. The summed E-state index contributed by atoms with van der Waals surface area (Å²) in [4.78, 5) is 2.32. The van der Waals surface area contributed by atoms with Crippen LogP contribution in [-0.4, -0.2) is 28.2 Å². The van der Waals surface area contributed by atoms with E-state index in [0.29, 0.717) is 0 Å². The maximum absolute atomic E-state index is 11.4. The molecule has 2 aromatic carbocycles. The van der Waals surface area contributed by atoms with Crippen LogP contribution in [0.3, 0.4) is 0 Å². The maximum Gasteiger partial charge on any atom is 0.141 e. The molecule has 2 heteroatoms. The van der Waals surface area contributed by atoms with Crippen LogP contribution < -0.4 is 0 Å². The molecule has 2 nitrogen and oxygen atoms in total. The fourth-order valence-corrected chi connectivity index (χ4v) is 3.76. The molecule has 0 radical (unpaired) electrons. The molecule has 0 heterocycles. The van der Waals surface area contributed by atoms with Crippen molar-refractivity contribution in [3.8, 4) is 11.8 Å². The highest BCUT2D eigenvalue weighted by molar-refractivity contribution is 5.37. The number of nitrogens with zero attached hydrogens (tertiary/aromatic N) is 1. The van der Waals surface area contributed by atoms with Crippen molar-refractivity contribution in [2.24, 2.45) is 0 Å². The molecular formula is C24H27NO. The quantitative estimate of drug-likeness (QED) is 0.641. The Morgan fingerprint density at radius 3 is 2.46 bits per heavy atom. The van der Waals surface area contributed by atoms with E-state index in [4.69, 9.17) is 0 Å². The van der Waals surface area contributed by atoms with Gasteiger partial charge in [0.1, 0.15) is 5.60 Å². The van der Waals surface area contributed by atoms with Crippen molar-refractivity contribution in [3.63, 3.8) is 0 Å². The Morgan fingerprint density at radius 1 is 1.08 bits per heavy atom. The third-order valence-corrected chi connectivity index (χ3v) is 5.07. The van der Waals surface area contributed by atoms with Gasteiger partial charge in [0.2, 0.25) is 0 Å². The number of benzene rings is 2. The largest absolute Gasteiger partial charge is 0.376 e. The summed E-state index contributed by atoms with van der Waals surface area (Å²) in [7, 11) is 0. The van der Waals surface area contributed by atoms with Crippen LogP contribution in [0.5, 0.6) is 0 Å². The summed E-state index contributed by atoms with van der Waals surface area (Å²) in [6.45, 7) is 5.46. The van der Waals surface area contributed by atoms with E-state index < -0.39 is 5.60 Å². The third kappa shape index (κ3) is 4.64. The van der Waals surface area contributed by atoms with Crippen LogP contribution in [0.25, 0.3) is 0 Å². The zero-order valence-corrected chi connectivity index (χ0v) is 15.3. The van der Waals surface area contributed by atoms with E-state index >= 15 is 0 Å². The molecule has 0 spiro atoms. The van der Waals surface area contributed by atoms with Gasteiger partial charge in [0.05, 0.1) is 6.04 Å². The summed E-state index contributed by atoms with van der Waals surface area (Å²) in [5, 5.41) is 11.4. The van der Waals surface area contributed by atoms with Crippen LogP contribution in [0.2, 0.25) is 0 Å². The van der Waals surface area contributed by atoms with E-state index in [2.05, 4.69) is 47.6 Å². The monoisotopic (exact) mass is 345 g/mol. The predicted molar refractivity (Wildman–Crippen MR) is 108 cm³/mol. The summed E-state index contributed by atoms with van der Waals surface area (Å²) in [6, 6.07) is 20.3. The van der Waals surface area contributed by atoms with Crippen molar-refractivity contribution in [2.75, 3.05) is 6.54 Å². The zero-order valence-electron chi connectivity index (χ0n) is 15.3. The van der Waals surface area contributed by atoms with Gasteiger partial charge in [-0.15, -0.1) is 6.58 Å². The van der Waals surface area contributed by atoms with Gasteiger partial charge in [-0.3, -0.25) is 4.90 Å². The molecule has 0 aromatic heterocycles. The molecule has 0 aliphatic heterocycles. The van der Waals surface area contributed by atoms with Crippen LogP contribution in [0.1, 0.15) is 36.8 Å². The topological polar surface area (TPSA) is 23.5 Å². The molecule has 1 saturated carbocycles. The molecule has 0 saturated heterocycles. The molecule has 1 fully saturated rings. The van der Waals surface area contributed by atoms with Crippen LogP contribution in [0, 0.1) is 11.8 Å². The fraction of sp³-hybridized carbons (Fsp3) is 0.333. The molecule has 1 aliphatic rings. The average Bonchev–Trinajstić information content (AvgIpc) is 2.68. The van der Waals surface area contributed by atoms with Gasteiger partial charge in [0.25, 0.3) is 0 Å². The highest BCUT2D eigenvalue weighted by Gasteiger charge is 2.40. The minimum Gasteiger partial charge on any atom is -0.376 e. The second-order valence-corrected chi connectivity index (χ2v) is 7.01. The first kappa shape index (κ1) is 18.5. The molecule has 0 unspecified atom stereocenters. The van der Waals surface area contributed by atoms with Gasteiger partial charge < -0.3 is 5.11 Å². The Balaban J connectivity index is 1.85. The Bertz CT molecular complexity index is 759. The fourth-order valence-electron chi connectivity index (χ4n) is 3.76. The smallest absolute Gasteiger partial charge is 0.141 e. The van der Waals surface area contributed by atoms with Crippen molar-refractivity contribution in [1.82, 2.24) is 4.90 Å². The Labute approximate surface area is 157 Å². The van der Waals surface area contributed by atoms with E-state index in [1.165, 1.54) is 5.56 Å². The lowest BCUT2D eigenvalue weighted by molar-refractivity contribution is -0.0303. The van der Waals surface area contributed by atoms with Gasteiger partial charge in [-0.05, 0) is 37.0 Å². The third-order valence-electron chi connectivity index (χ3n) is 5.07. The van der Waals surface area contributed by atoms with E-state index in [-0.39, 0.29) is 6.04 Å². The van der Waals surface area contributed by atoms with Gasteiger partial charge in [0.15, 0.2) is 0 Å². The lowest BCUT2D eigenvalue weighted by atomic mass is 9.79. The Hall–Kier alpha value is -2.34. The molecule has 1 aliphatic carbocycles. The first-order valence-electron chi connectivity index (χ1n) is 9.41. The highest BCUT2D eigenvalue weighted by Crippen LogP contribution is 2.33. The second-order valence-electron chi connectivity index (χ2n) is 7.01. The predicted octanol–water partition coefficient (Wildman–Crippen LogP) is 4.40. The SMILES string of the molecule is C=CCN(Cc1ccccc1)[C@H]1CCCC[C@]1(O)C#Cc1ccccc1. The molecule has 26 heavy (non-hydrogen) atoms. The second kappa shape index (κ2) is 8.85. The van der Waals surface area contributed by atoms with Crippen LogP contribution in [0.15, 0.2) is 73.3 Å². The van der Waals surface area contributed by atoms with Gasteiger partial charge in [0, 0.05) is 18.7 Å². The lowest BCUT2D eigenvalue weighted by Gasteiger charge is -2.43. The van der Waals surface area contributed by atoms with Gasteiger partial charge in [-0.25, -0.2) is 0 Å². The summed E-state index contributed by atoms with van der Waals surface area (Å²) in [6.07, 6.45) is 5.75. The van der Waals surface area contributed by atoms with Gasteiger partial charge in [-0.1, -0.05) is 72.9 Å². The average molecular weight is 345 g/mol. The minimum absolute atomic E-state index is 0.0191. The van der Waals surface area contributed by atoms with Crippen LogP contribution >= 0.6 is 0 Å². The van der Waals surface area contributed by atoms with Crippen molar-refractivity contribution in [2.45, 2.75) is 43.9 Å². The molecule has 3 rings (SSSR count). The van der Waals surface area contributed by atoms with Gasteiger partial charge >= 0.3 is 0 Å². The lowest BCUT2D eigenvalue weighted by Crippen LogP contribution is -2.53. The van der Waals surface area contributed by atoms with E-state index in [9.17, 15) is 5.11 Å². The first-order valence-corrected chi connectivity index (χ1v) is 9.41. The summed E-state index contributed by atoms with van der Waals surface area (Å²) in [5.74, 6) is 6.41. The number of hydrogen-bond acceptors (Lipinski definition) is 2. The molecule has 134 valence electrons. The van der Waals surface area contributed by atoms with Crippen molar-refractivity contribution >= 4 is 0 Å². The van der Waals surface area contributed by atoms with Crippen molar-refractivity contribution < 1.29 is 5.11 Å². The van der Waals surface area contributed by atoms with Crippen LogP contribution in [0.4, 0.5) is 0 Å². The minimum atomic E-state index is -0.980. The molecule has 1 N–H and O–H groups in total. The summed E-state index contributed by atoms with van der Waals surface area (Å²) >= 11 is 0. The highest BCUT2D eigenvalue weighted by atomic mass is 16.3. The standard InChI is InChI=1S/C24H27NO/c1-2-19-25(20-22-13-7-4-8-14-22)23-15-9-10-17-24(23,26)18-16-21-11-5-3-6-12-21/h2-8,11-14,23,26H,1,9-10,15,17,19-20H2/t23-,24-/m0/s1. The van der Waals surface area contributed by atoms with E-state index in [1.54, 1.807) is 0 Å².